The minimum Gasteiger partial charge on any atom is -0.481 e. The zero-order valence-electron chi connectivity index (χ0n) is 15.4. The molecule has 0 radical (unpaired) electrons. The van der Waals surface area contributed by atoms with Crippen molar-refractivity contribution in [2.45, 2.75) is 59.1 Å². The summed E-state index contributed by atoms with van der Waals surface area (Å²) >= 11 is 0. The van der Waals surface area contributed by atoms with Crippen LogP contribution in [0.25, 0.3) is 0 Å². The zero-order valence-corrected chi connectivity index (χ0v) is 15.4. The van der Waals surface area contributed by atoms with E-state index >= 15 is 0 Å². The molecule has 5 heteroatoms. The van der Waals surface area contributed by atoms with Crippen LogP contribution in [0.2, 0.25) is 0 Å². The van der Waals surface area contributed by atoms with Crippen molar-refractivity contribution in [2.24, 2.45) is 11.8 Å². The molecule has 5 nitrogen and oxygen atoms in total. The molecule has 1 N–H and O–H groups in total. The van der Waals surface area contributed by atoms with E-state index < -0.39 is 6.10 Å². The average Bonchev–Trinajstić information content (AvgIpc) is 3.06. The summed E-state index contributed by atoms with van der Waals surface area (Å²) in [6.45, 7) is 7.21. The quantitative estimate of drug-likeness (QED) is 0.908. The molecule has 2 aliphatic rings. The van der Waals surface area contributed by atoms with Crippen LogP contribution in [0.4, 0.5) is 5.69 Å². The summed E-state index contributed by atoms with van der Waals surface area (Å²) < 4.78 is 5.84. The molecule has 0 saturated heterocycles. The number of anilines is 1. The van der Waals surface area contributed by atoms with Gasteiger partial charge in [0.05, 0.1) is 0 Å². The Hall–Kier alpha value is -2.04. The van der Waals surface area contributed by atoms with Gasteiger partial charge in [-0.2, -0.15) is 0 Å². The topological polar surface area (TPSA) is 58.6 Å². The third-order valence-electron chi connectivity index (χ3n) is 4.96. The van der Waals surface area contributed by atoms with Crippen molar-refractivity contribution < 1.29 is 14.3 Å². The Labute approximate surface area is 149 Å². The number of ether oxygens (including phenoxy) is 1. The molecule has 0 spiro atoms. The summed E-state index contributed by atoms with van der Waals surface area (Å²) in [6, 6.07) is 5.67. The number of nitrogens with one attached hydrogen (secondary N) is 1. The predicted molar refractivity (Wildman–Crippen MR) is 97.4 cm³/mol. The molecule has 1 aromatic carbocycles. The Morgan fingerprint density at radius 1 is 1.32 bits per heavy atom. The van der Waals surface area contributed by atoms with Gasteiger partial charge in [-0.05, 0) is 43.9 Å². The summed E-state index contributed by atoms with van der Waals surface area (Å²) in [5, 5.41) is 3.03. The molecule has 0 bridgehead atoms. The number of nitrogens with zero attached hydrogens (tertiary/aromatic N) is 1. The average molecular weight is 344 g/mol. The number of rotatable bonds is 4. The SMILES string of the molecule is CC(C)CN1Cc2cc(NC(=O)C3CCCC3)ccc2OC(C)C1=O. The van der Waals surface area contributed by atoms with Crippen molar-refractivity contribution in [2.75, 3.05) is 11.9 Å². The number of benzene rings is 1. The van der Waals surface area contributed by atoms with Gasteiger partial charge >= 0.3 is 0 Å². The molecular formula is C20H28N2O3. The molecule has 136 valence electrons. The maximum atomic E-state index is 12.5. The van der Waals surface area contributed by atoms with Gasteiger partial charge in [0.15, 0.2) is 6.10 Å². The summed E-state index contributed by atoms with van der Waals surface area (Å²) in [5.41, 5.74) is 1.73. The fraction of sp³-hybridized carbons (Fsp3) is 0.600. The molecule has 1 fully saturated rings. The van der Waals surface area contributed by atoms with Crippen molar-refractivity contribution in [1.29, 1.82) is 0 Å². The Bertz CT molecular complexity index is 650. The van der Waals surface area contributed by atoms with E-state index in [9.17, 15) is 9.59 Å². The van der Waals surface area contributed by atoms with Crippen molar-refractivity contribution in [1.82, 2.24) is 4.90 Å². The Morgan fingerprint density at radius 2 is 2.04 bits per heavy atom. The molecular weight excluding hydrogens is 316 g/mol. The molecule has 1 unspecified atom stereocenters. The van der Waals surface area contributed by atoms with Crippen molar-refractivity contribution >= 4 is 17.5 Å². The smallest absolute Gasteiger partial charge is 0.263 e. The molecule has 1 saturated carbocycles. The second-order valence-electron chi connectivity index (χ2n) is 7.67. The van der Waals surface area contributed by atoms with E-state index in [0.717, 1.165) is 42.7 Å². The third kappa shape index (κ3) is 4.14. The van der Waals surface area contributed by atoms with Crippen molar-refractivity contribution in [3.05, 3.63) is 23.8 Å². The zero-order chi connectivity index (χ0) is 18.0. The van der Waals surface area contributed by atoms with Crippen LogP contribution in [0.1, 0.15) is 52.0 Å². The third-order valence-corrected chi connectivity index (χ3v) is 4.96. The van der Waals surface area contributed by atoms with Crippen LogP contribution >= 0.6 is 0 Å². The van der Waals surface area contributed by atoms with Gasteiger partial charge in [-0.3, -0.25) is 9.59 Å². The maximum absolute atomic E-state index is 12.5. The first kappa shape index (κ1) is 17.8. The first-order valence-corrected chi connectivity index (χ1v) is 9.33. The first-order valence-electron chi connectivity index (χ1n) is 9.33. The van der Waals surface area contributed by atoms with E-state index in [1.165, 1.54) is 0 Å². The van der Waals surface area contributed by atoms with Crippen molar-refractivity contribution in [3.63, 3.8) is 0 Å². The van der Waals surface area contributed by atoms with Crippen LogP contribution in [0.5, 0.6) is 5.75 Å². The van der Waals surface area contributed by atoms with Crippen LogP contribution < -0.4 is 10.1 Å². The number of fused-ring (bicyclic) bond motifs is 1. The molecule has 25 heavy (non-hydrogen) atoms. The van der Waals surface area contributed by atoms with Crippen LogP contribution in [0.15, 0.2) is 18.2 Å². The Balaban J connectivity index is 1.78. The lowest BCUT2D eigenvalue weighted by Gasteiger charge is -2.24. The van der Waals surface area contributed by atoms with Gasteiger partial charge < -0.3 is 15.0 Å². The van der Waals surface area contributed by atoms with Gasteiger partial charge in [-0.15, -0.1) is 0 Å². The largest absolute Gasteiger partial charge is 0.481 e. The monoisotopic (exact) mass is 344 g/mol. The molecule has 1 aromatic rings. The lowest BCUT2D eigenvalue weighted by atomic mass is 10.1. The molecule has 2 amide bonds. The van der Waals surface area contributed by atoms with Gasteiger partial charge in [-0.1, -0.05) is 26.7 Å². The summed E-state index contributed by atoms with van der Waals surface area (Å²) in [5.74, 6) is 1.37. The molecule has 1 aliphatic heterocycles. The maximum Gasteiger partial charge on any atom is 0.263 e. The first-order chi connectivity index (χ1) is 11.9. The second-order valence-corrected chi connectivity index (χ2v) is 7.67. The minimum atomic E-state index is -0.487. The van der Waals surface area contributed by atoms with E-state index in [0.29, 0.717) is 19.0 Å². The van der Waals surface area contributed by atoms with E-state index in [1.54, 1.807) is 6.92 Å². The highest BCUT2D eigenvalue weighted by Crippen LogP contribution is 2.30. The van der Waals surface area contributed by atoms with Crippen LogP contribution in [-0.2, 0) is 16.1 Å². The molecule has 1 aliphatic carbocycles. The predicted octanol–water partition coefficient (Wildman–Crippen LogP) is 3.58. The molecule has 0 aromatic heterocycles. The standard InChI is InChI=1S/C20H28N2O3/c1-13(2)11-22-12-16-10-17(21-19(23)15-6-4-5-7-15)8-9-18(16)25-14(3)20(22)24/h8-10,13-15H,4-7,11-12H2,1-3H3,(H,21,23). The number of hydrogen-bond acceptors (Lipinski definition) is 3. The fourth-order valence-electron chi connectivity index (χ4n) is 3.70. The van der Waals surface area contributed by atoms with Gasteiger partial charge in [-0.25, -0.2) is 0 Å². The lowest BCUT2D eigenvalue weighted by Crippen LogP contribution is -2.39. The summed E-state index contributed by atoms with van der Waals surface area (Å²) in [4.78, 5) is 26.7. The minimum absolute atomic E-state index is 0.0152. The summed E-state index contributed by atoms with van der Waals surface area (Å²) in [7, 11) is 0. The number of hydrogen-bond donors (Lipinski definition) is 1. The van der Waals surface area contributed by atoms with Crippen molar-refractivity contribution in [3.8, 4) is 5.75 Å². The van der Waals surface area contributed by atoms with E-state index in [1.807, 2.05) is 23.1 Å². The summed E-state index contributed by atoms with van der Waals surface area (Å²) in [6.07, 6.45) is 3.75. The van der Waals surface area contributed by atoms with E-state index in [-0.39, 0.29) is 17.7 Å². The molecule has 1 atom stereocenters. The Morgan fingerprint density at radius 3 is 2.72 bits per heavy atom. The number of amides is 2. The van der Waals surface area contributed by atoms with Crippen LogP contribution in [-0.4, -0.2) is 29.4 Å². The van der Waals surface area contributed by atoms with Gasteiger partial charge in [0.2, 0.25) is 5.91 Å². The number of carbonyl (C=O) groups is 2. The van der Waals surface area contributed by atoms with Gasteiger partial charge in [0.1, 0.15) is 5.75 Å². The van der Waals surface area contributed by atoms with Gasteiger partial charge in [0.25, 0.3) is 5.91 Å². The Kier molecular flexibility index (Phi) is 5.30. The van der Waals surface area contributed by atoms with E-state index in [2.05, 4.69) is 19.2 Å². The fourth-order valence-corrected chi connectivity index (χ4v) is 3.70. The molecule has 1 heterocycles. The highest BCUT2D eigenvalue weighted by atomic mass is 16.5. The molecule has 3 rings (SSSR count). The van der Waals surface area contributed by atoms with Crippen LogP contribution in [0, 0.1) is 11.8 Å². The normalized spacial score (nSPS) is 21.0. The highest BCUT2D eigenvalue weighted by Gasteiger charge is 2.28. The van der Waals surface area contributed by atoms with Gasteiger partial charge in [0, 0.05) is 30.3 Å². The van der Waals surface area contributed by atoms with Crippen LogP contribution in [0.3, 0.4) is 0 Å². The second kappa shape index (κ2) is 7.46. The highest BCUT2D eigenvalue weighted by molar-refractivity contribution is 5.93. The van der Waals surface area contributed by atoms with E-state index in [4.69, 9.17) is 4.74 Å². The number of carbonyl (C=O) groups excluding carboxylic acids is 2. The lowest BCUT2D eigenvalue weighted by molar-refractivity contribution is -0.138.